The van der Waals surface area contributed by atoms with Crippen LogP contribution in [0.3, 0.4) is 0 Å². The minimum Gasteiger partial charge on any atom is -0.381 e. The highest BCUT2D eigenvalue weighted by Crippen LogP contribution is 2.36. The van der Waals surface area contributed by atoms with Crippen LogP contribution in [-0.4, -0.2) is 47.0 Å². The molecule has 0 aromatic carbocycles. The Morgan fingerprint density at radius 2 is 1.76 bits per heavy atom. The van der Waals surface area contributed by atoms with Gasteiger partial charge in [-0.25, -0.2) is 0 Å². The van der Waals surface area contributed by atoms with Gasteiger partial charge in [0.05, 0.1) is 0 Å². The molecule has 2 rings (SSSR count). The average molecular weight is 296 g/mol. The Hall–Kier alpha value is -1.10. The van der Waals surface area contributed by atoms with Gasteiger partial charge in [0, 0.05) is 18.8 Å². The molecule has 0 spiro atoms. The van der Waals surface area contributed by atoms with E-state index in [1.54, 1.807) is 0 Å². The molecule has 2 amide bonds. The third kappa shape index (κ3) is 2.56. The highest BCUT2D eigenvalue weighted by atomic mass is 16.5. The Kier molecular flexibility index (Phi) is 4.61. The molecule has 21 heavy (non-hydrogen) atoms. The number of nitrogens with one attached hydrogen (secondary N) is 1. The lowest BCUT2D eigenvalue weighted by atomic mass is 9.80. The van der Waals surface area contributed by atoms with Crippen LogP contribution in [0.1, 0.15) is 59.8 Å². The largest absolute Gasteiger partial charge is 0.381 e. The van der Waals surface area contributed by atoms with Gasteiger partial charge in [0.25, 0.3) is 0 Å². The van der Waals surface area contributed by atoms with Crippen molar-refractivity contribution < 1.29 is 14.3 Å². The topological polar surface area (TPSA) is 58.6 Å². The second kappa shape index (κ2) is 5.95. The number of carbonyl (C=O) groups is 2. The number of hydrogen-bond donors (Lipinski definition) is 1. The van der Waals surface area contributed by atoms with Gasteiger partial charge >= 0.3 is 0 Å². The first-order valence-corrected chi connectivity index (χ1v) is 8.17. The molecule has 0 saturated carbocycles. The Balaban J connectivity index is 2.41. The average Bonchev–Trinajstić information content (AvgIpc) is 2.49. The van der Waals surface area contributed by atoms with Crippen molar-refractivity contribution in [3.63, 3.8) is 0 Å². The van der Waals surface area contributed by atoms with Crippen molar-refractivity contribution >= 4 is 11.8 Å². The molecule has 2 fully saturated rings. The number of hydrogen-bond acceptors (Lipinski definition) is 3. The monoisotopic (exact) mass is 296 g/mol. The molecular formula is C16H28N2O3. The summed E-state index contributed by atoms with van der Waals surface area (Å²) in [5, 5.41) is 3.00. The van der Waals surface area contributed by atoms with Crippen molar-refractivity contribution in [3.8, 4) is 0 Å². The van der Waals surface area contributed by atoms with E-state index in [1.165, 1.54) is 0 Å². The van der Waals surface area contributed by atoms with Gasteiger partial charge in [-0.1, -0.05) is 20.8 Å². The Morgan fingerprint density at radius 3 is 2.24 bits per heavy atom. The van der Waals surface area contributed by atoms with E-state index in [9.17, 15) is 9.59 Å². The summed E-state index contributed by atoms with van der Waals surface area (Å²) < 4.78 is 5.45. The molecule has 0 aliphatic carbocycles. The molecule has 2 saturated heterocycles. The van der Waals surface area contributed by atoms with Crippen molar-refractivity contribution in [2.45, 2.75) is 76.9 Å². The van der Waals surface area contributed by atoms with Crippen LogP contribution < -0.4 is 5.32 Å². The first kappa shape index (κ1) is 16.3. The molecule has 1 unspecified atom stereocenters. The van der Waals surface area contributed by atoms with E-state index >= 15 is 0 Å². The number of rotatable bonds is 4. The highest BCUT2D eigenvalue weighted by Gasteiger charge is 2.53. The zero-order valence-corrected chi connectivity index (χ0v) is 13.7. The zero-order valence-electron chi connectivity index (χ0n) is 13.7. The van der Waals surface area contributed by atoms with Crippen LogP contribution in [0, 0.1) is 0 Å². The lowest BCUT2D eigenvalue weighted by molar-refractivity contribution is -0.167. The lowest BCUT2D eigenvalue weighted by Crippen LogP contribution is -2.74. The van der Waals surface area contributed by atoms with Gasteiger partial charge in [0.2, 0.25) is 11.8 Å². The molecule has 5 nitrogen and oxygen atoms in total. The zero-order chi connectivity index (χ0) is 15.7. The van der Waals surface area contributed by atoms with Crippen LogP contribution >= 0.6 is 0 Å². The molecule has 5 heteroatoms. The fourth-order valence-corrected chi connectivity index (χ4v) is 3.63. The Morgan fingerprint density at radius 1 is 1.19 bits per heavy atom. The quantitative estimate of drug-likeness (QED) is 0.861. The predicted octanol–water partition coefficient (Wildman–Crippen LogP) is 1.85. The fourth-order valence-electron chi connectivity index (χ4n) is 3.63. The molecule has 2 heterocycles. The van der Waals surface area contributed by atoms with Gasteiger partial charge in [-0.05, 0) is 39.0 Å². The van der Waals surface area contributed by atoms with Gasteiger partial charge in [-0.3, -0.25) is 9.59 Å². The van der Waals surface area contributed by atoms with Crippen molar-refractivity contribution in [2.24, 2.45) is 0 Å². The minimum atomic E-state index is -0.732. The first-order valence-electron chi connectivity index (χ1n) is 8.17. The van der Waals surface area contributed by atoms with Crippen molar-refractivity contribution in [1.29, 1.82) is 0 Å². The fraction of sp³-hybridized carbons (Fsp3) is 0.875. The van der Waals surface area contributed by atoms with E-state index in [1.807, 2.05) is 25.7 Å². The van der Waals surface area contributed by atoms with Crippen molar-refractivity contribution in [2.75, 3.05) is 13.2 Å². The summed E-state index contributed by atoms with van der Waals surface area (Å²) in [6.07, 6.45) is 3.51. The van der Waals surface area contributed by atoms with Gasteiger partial charge in [0.1, 0.15) is 11.6 Å². The molecular weight excluding hydrogens is 268 g/mol. The summed E-state index contributed by atoms with van der Waals surface area (Å²) in [5.41, 5.74) is -1.01. The number of ether oxygens (including phenoxy) is 1. The smallest absolute Gasteiger partial charge is 0.249 e. The molecule has 0 bridgehead atoms. The van der Waals surface area contributed by atoms with Crippen LogP contribution in [0.4, 0.5) is 0 Å². The third-order valence-corrected chi connectivity index (χ3v) is 5.35. The maximum Gasteiger partial charge on any atom is 0.249 e. The minimum absolute atomic E-state index is 0.00600. The Bertz CT molecular complexity index is 412. The normalized spacial score (nSPS) is 28.4. The first-order chi connectivity index (χ1) is 9.94. The summed E-state index contributed by atoms with van der Waals surface area (Å²) in [7, 11) is 0. The molecule has 0 aromatic heterocycles. The lowest BCUT2D eigenvalue weighted by Gasteiger charge is -2.54. The van der Waals surface area contributed by atoms with Crippen molar-refractivity contribution in [3.05, 3.63) is 0 Å². The summed E-state index contributed by atoms with van der Waals surface area (Å²) in [6.45, 7) is 9.33. The van der Waals surface area contributed by atoms with E-state index in [0.717, 1.165) is 12.8 Å². The second-order valence-electron chi connectivity index (χ2n) is 6.49. The third-order valence-electron chi connectivity index (χ3n) is 5.35. The second-order valence-corrected chi connectivity index (χ2v) is 6.49. The van der Waals surface area contributed by atoms with Gasteiger partial charge in [-0.15, -0.1) is 0 Å². The number of nitrogens with zero attached hydrogens (tertiary/aromatic N) is 1. The number of amides is 2. The van der Waals surface area contributed by atoms with E-state index in [4.69, 9.17) is 4.74 Å². The van der Waals surface area contributed by atoms with Gasteiger partial charge < -0.3 is 15.0 Å². The molecule has 0 radical (unpaired) electrons. The maximum absolute atomic E-state index is 13.2. The number of carbonyl (C=O) groups excluding carboxylic acids is 2. The Labute approximate surface area is 127 Å². The van der Waals surface area contributed by atoms with Crippen LogP contribution in [0.25, 0.3) is 0 Å². The SMILES string of the molecule is CCC1C(=O)NC(CC)(CC)C(=O)N1C1(C)CCOCC1. The predicted molar refractivity (Wildman–Crippen MR) is 80.8 cm³/mol. The van der Waals surface area contributed by atoms with Gasteiger partial charge in [-0.2, -0.15) is 0 Å². The van der Waals surface area contributed by atoms with Crippen molar-refractivity contribution in [1.82, 2.24) is 10.2 Å². The molecule has 2 aliphatic heterocycles. The van der Waals surface area contributed by atoms with Crippen LogP contribution in [0.2, 0.25) is 0 Å². The van der Waals surface area contributed by atoms with Gasteiger partial charge in [0.15, 0.2) is 0 Å². The summed E-state index contributed by atoms with van der Waals surface area (Å²) in [6, 6.07) is -0.355. The van der Waals surface area contributed by atoms with Crippen LogP contribution in [0.5, 0.6) is 0 Å². The van der Waals surface area contributed by atoms with E-state index in [2.05, 4.69) is 12.2 Å². The maximum atomic E-state index is 13.2. The summed E-state index contributed by atoms with van der Waals surface area (Å²) in [5.74, 6) is 0.0804. The standard InChI is InChI=1S/C16H28N2O3/c1-5-12-13(19)17-16(6-2,7-3)14(20)18(12)15(4)8-10-21-11-9-15/h12H,5-11H2,1-4H3,(H,17,19). The molecule has 120 valence electrons. The summed E-state index contributed by atoms with van der Waals surface area (Å²) >= 11 is 0. The van der Waals surface area contributed by atoms with Crippen LogP contribution in [0.15, 0.2) is 0 Å². The van der Waals surface area contributed by atoms with E-state index < -0.39 is 5.54 Å². The molecule has 1 N–H and O–H groups in total. The molecule has 1 atom stereocenters. The van der Waals surface area contributed by atoms with E-state index in [-0.39, 0.29) is 23.4 Å². The number of piperazine rings is 1. The molecule has 2 aliphatic rings. The van der Waals surface area contributed by atoms with Crippen LogP contribution in [-0.2, 0) is 14.3 Å². The van der Waals surface area contributed by atoms with E-state index in [0.29, 0.717) is 32.5 Å². The highest BCUT2D eigenvalue weighted by molar-refractivity contribution is 6.00. The molecule has 0 aromatic rings. The summed E-state index contributed by atoms with van der Waals surface area (Å²) in [4.78, 5) is 27.7.